The first kappa shape index (κ1) is 15.3. The van der Waals surface area contributed by atoms with E-state index in [1.807, 2.05) is 0 Å². The number of carbonyl (C=O) groups excluding carboxylic acids is 1. The summed E-state index contributed by atoms with van der Waals surface area (Å²) in [7, 11) is 0. The predicted molar refractivity (Wildman–Crippen MR) is 74.5 cm³/mol. The maximum atomic E-state index is 12.0. The molecule has 0 spiro atoms. The Morgan fingerprint density at radius 3 is 2.62 bits per heavy atom. The van der Waals surface area contributed by atoms with Crippen molar-refractivity contribution in [3.05, 3.63) is 12.2 Å². The fourth-order valence-electron chi connectivity index (χ4n) is 2.72. The van der Waals surface area contributed by atoms with Gasteiger partial charge in [0, 0.05) is 0 Å². The van der Waals surface area contributed by atoms with Gasteiger partial charge in [-0.25, -0.2) is 14.6 Å². The van der Waals surface area contributed by atoms with Crippen LogP contribution in [0.2, 0.25) is 0 Å². The number of carbonyl (C=O) groups is 2. The monoisotopic (exact) mass is 295 g/mol. The number of carboxylic acid groups (broad SMARTS) is 1. The van der Waals surface area contributed by atoms with E-state index in [1.165, 1.54) is 6.33 Å². The highest BCUT2D eigenvalue weighted by atomic mass is 16.4. The van der Waals surface area contributed by atoms with Gasteiger partial charge in [-0.2, -0.15) is 5.10 Å². The molecule has 2 rings (SSSR count). The molecule has 0 radical (unpaired) electrons. The van der Waals surface area contributed by atoms with Crippen molar-refractivity contribution in [2.45, 2.75) is 51.1 Å². The van der Waals surface area contributed by atoms with E-state index in [-0.39, 0.29) is 12.0 Å². The Balaban J connectivity index is 1.90. The molecule has 0 aromatic carbocycles. The molecule has 2 unspecified atom stereocenters. The number of amides is 2. The highest BCUT2D eigenvalue weighted by molar-refractivity contribution is 5.82. The summed E-state index contributed by atoms with van der Waals surface area (Å²) >= 11 is 0. The van der Waals surface area contributed by atoms with Gasteiger partial charge in [-0.15, -0.1) is 0 Å². The molecule has 21 heavy (non-hydrogen) atoms. The fraction of sp³-hybridized carbons (Fsp3) is 0.692. The van der Waals surface area contributed by atoms with E-state index in [2.05, 4.69) is 25.8 Å². The smallest absolute Gasteiger partial charge is 0.326 e. The summed E-state index contributed by atoms with van der Waals surface area (Å²) < 4.78 is 0. The minimum absolute atomic E-state index is 0.00239. The normalized spacial score (nSPS) is 18.7. The molecule has 1 aromatic heterocycles. The topological polar surface area (TPSA) is 120 Å². The molecule has 1 fully saturated rings. The first-order chi connectivity index (χ1) is 10.1. The second-order valence-electron chi connectivity index (χ2n) is 5.42. The van der Waals surface area contributed by atoms with Crippen molar-refractivity contribution in [3.63, 3.8) is 0 Å². The molecule has 2 amide bonds. The van der Waals surface area contributed by atoms with Crippen LogP contribution in [0.15, 0.2) is 6.33 Å². The average molecular weight is 295 g/mol. The molecule has 8 nitrogen and oxygen atoms in total. The van der Waals surface area contributed by atoms with E-state index in [1.54, 1.807) is 6.92 Å². The van der Waals surface area contributed by atoms with Crippen molar-refractivity contribution in [2.24, 2.45) is 5.92 Å². The Bertz CT molecular complexity index is 470. The molecular formula is C13H21N5O3. The van der Waals surface area contributed by atoms with Gasteiger partial charge in [0.05, 0.1) is 6.04 Å². The van der Waals surface area contributed by atoms with Crippen LogP contribution in [0, 0.1) is 5.92 Å². The summed E-state index contributed by atoms with van der Waals surface area (Å²) in [6.45, 7) is 1.75. The standard InChI is InChI=1S/C13H21N5O3/c1-8(11-14-7-15-18-11)16-13(21)17-10(12(19)20)9-5-3-2-4-6-9/h7-10H,2-6H2,1H3,(H,19,20)(H,14,15,18)(H2,16,17,21). The van der Waals surface area contributed by atoms with Gasteiger partial charge in [-0.3, -0.25) is 5.10 Å². The number of urea groups is 1. The highest BCUT2D eigenvalue weighted by Gasteiger charge is 2.31. The molecule has 0 bridgehead atoms. The molecule has 1 saturated carbocycles. The SMILES string of the molecule is CC(NC(=O)NC(C(=O)O)C1CCCCC1)c1ncn[nH]1. The van der Waals surface area contributed by atoms with E-state index in [4.69, 9.17) is 0 Å². The number of hydrogen-bond acceptors (Lipinski definition) is 4. The summed E-state index contributed by atoms with van der Waals surface area (Å²) in [6, 6.07) is -1.71. The minimum atomic E-state index is -0.982. The lowest BCUT2D eigenvalue weighted by Crippen LogP contribution is -2.50. The van der Waals surface area contributed by atoms with E-state index < -0.39 is 18.0 Å². The minimum Gasteiger partial charge on any atom is -0.480 e. The number of rotatable bonds is 5. The van der Waals surface area contributed by atoms with Crippen LogP contribution < -0.4 is 10.6 Å². The maximum absolute atomic E-state index is 12.0. The lowest BCUT2D eigenvalue weighted by Gasteiger charge is -2.28. The Morgan fingerprint density at radius 2 is 2.05 bits per heavy atom. The van der Waals surface area contributed by atoms with Crippen LogP contribution in [0.25, 0.3) is 0 Å². The third kappa shape index (κ3) is 4.17. The Hall–Kier alpha value is -2.12. The number of nitrogens with zero attached hydrogens (tertiary/aromatic N) is 2. The number of carboxylic acids is 1. The van der Waals surface area contributed by atoms with E-state index in [0.717, 1.165) is 32.1 Å². The zero-order chi connectivity index (χ0) is 15.2. The number of nitrogens with one attached hydrogen (secondary N) is 3. The lowest BCUT2D eigenvalue weighted by molar-refractivity contribution is -0.141. The summed E-state index contributed by atoms with van der Waals surface area (Å²) in [5, 5.41) is 20.9. The third-order valence-electron chi connectivity index (χ3n) is 3.87. The fourth-order valence-corrected chi connectivity index (χ4v) is 2.72. The van der Waals surface area contributed by atoms with Crippen LogP contribution >= 0.6 is 0 Å². The molecule has 1 aliphatic rings. The number of hydrogen-bond donors (Lipinski definition) is 4. The third-order valence-corrected chi connectivity index (χ3v) is 3.87. The first-order valence-electron chi connectivity index (χ1n) is 7.23. The van der Waals surface area contributed by atoms with Crippen LogP contribution in [0.3, 0.4) is 0 Å². The van der Waals surface area contributed by atoms with Gasteiger partial charge >= 0.3 is 12.0 Å². The molecule has 8 heteroatoms. The molecule has 0 aliphatic heterocycles. The van der Waals surface area contributed by atoms with Crippen molar-refractivity contribution < 1.29 is 14.7 Å². The number of aromatic amines is 1. The summed E-state index contributed by atoms with van der Waals surface area (Å²) in [5.74, 6) is -0.457. The van der Waals surface area contributed by atoms with Crippen LogP contribution in [0.1, 0.15) is 50.9 Å². The summed E-state index contributed by atoms with van der Waals surface area (Å²) in [5.41, 5.74) is 0. The van der Waals surface area contributed by atoms with Gasteiger partial charge in [0.1, 0.15) is 18.2 Å². The van der Waals surface area contributed by atoms with Crippen molar-refractivity contribution in [2.75, 3.05) is 0 Å². The van der Waals surface area contributed by atoms with Gasteiger partial charge in [0.2, 0.25) is 0 Å². The Kier molecular flexibility index (Phi) is 5.13. The van der Waals surface area contributed by atoms with Crippen molar-refractivity contribution >= 4 is 12.0 Å². The van der Waals surface area contributed by atoms with Crippen molar-refractivity contribution in [3.8, 4) is 0 Å². The predicted octanol–water partition coefficient (Wildman–Crippen LogP) is 1.20. The van der Waals surface area contributed by atoms with Gasteiger partial charge in [-0.05, 0) is 25.7 Å². The molecule has 1 aliphatic carbocycles. The molecular weight excluding hydrogens is 274 g/mol. The second kappa shape index (κ2) is 7.05. The zero-order valence-electron chi connectivity index (χ0n) is 12.0. The number of H-pyrrole nitrogens is 1. The first-order valence-corrected chi connectivity index (χ1v) is 7.23. The van der Waals surface area contributed by atoms with Gasteiger partial charge in [0.15, 0.2) is 0 Å². The van der Waals surface area contributed by atoms with E-state index >= 15 is 0 Å². The van der Waals surface area contributed by atoms with Gasteiger partial charge in [0.25, 0.3) is 0 Å². The zero-order valence-corrected chi connectivity index (χ0v) is 12.0. The van der Waals surface area contributed by atoms with E-state index in [9.17, 15) is 14.7 Å². The van der Waals surface area contributed by atoms with Crippen LogP contribution in [-0.2, 0) is 4.79 Å². The van der Waals surface area contributed by atoms with Crippen LogP contribution in [0.5, 0.6) is 0 Å². The summed E-state index contributed by atoms with van der Waals surface area (Å²) in [4.78, 5) is 27.3. The Morgan fingerprint density at radius 1 is 1.33 bits per heavy atom. The highest BCUT2D eigenvalue weighted by Crippen LogP contribution is 2.26. The second-order valence-corrected chi connectivity index (χ2v) is 5.42. The Labute approximate surface area is 122 Å². The van der Waals surface area contributed by atoms with Crippen molar-refractivity contribution in [1.29, 1.82) is 0 Å². The lowest BCUT2D eigenvalue weighted by atomic mass is 9.84. The molecule has 1 aromatic rings. The molecule has 116 valence electrons. The van der Waals surface area contributed by atoms with Gasteiger partial charge < -0.3 is 15.7 Å². The quantitative estimate of drug-likeness (QED) is 0.650. The number of aromatic nitrogens is 3. The summed E-state index contributed by atoms with van der Waals surface area (Å²) in [6.07, 6.45) is 6.22. The molecule has 4 N–H and O–H groups in total. The molecule has 1 heterocycles. The van der Waals surface area contributed by atoms with Crippen LogP contribution in [-0.4, -0.2) is 38.3 Å². The molecule has 0 saturated heterocycles. The largest absolute Gasteiger partial charge is 0.480 e. The number of aliphatic carboxylic acids is 1. The molecule has 2 atom stereocenters. The van der Waals surface area contributed by atoms with Crippen LogP contribution in [0.4, 0.5) is 4.79 Å². The average Bonchev–Trinajstić information content (AvgIpc) is 2.99. The van der Waals surface area contributed by atoms with E-state index in [0.29, 0.717) is 5.82 Å². The van der Waals surface area contributed by atoms with Crippen molar-refractivity contribution in [1.82, 2.24) is 25.8 Å². The van der Waals surface area contributed by atoms with Gasteiger partial charge in [-0.1, -0.05) is 19.3 Å². The maximum Gasteiger partial charge on any atom is 0.326 e.